The summed E-state index contributed by atoms with van der Waals surface area (Å²) in [6, 6.07) is 5.62. The van der Waals surface area contributed by atoms with Gasteiger partial charge >= 0.3 is 0 Å². The van der Waals surface area contributed by atoms with Crippen LogP contribution in [0, 0.1) is 0 Å². The zero-order valence-electron chi connectivity index (χ0n) is 9.83. The van der Waals surface area contributed by atoms with Crippen LogP contribution in [-0.2, 0) is 0 Å². The van der Waals surface area contributed by atoms with Crippen LogP contribution in [0.25, 0.3) is 0 Å². The second-order valence-electron chi connectivity index (χ2n) is 4.57. The van der Waals surface area contributed by atoms with Gasteiger partial charge < -0.3 is 15.6 Å². The average Bonchev–Trinajstić information content (AvgIpc) is 2.13. The van der Waals surface area contributed by atoms with Crippen LogP contribution in [-0.4, -0.2) is 17.3 Å². The molecule has 16 heavy (non-hydrogen) atoms. The van der Waals surface area contributed by atoms with Crippen LogP contribution in [0.15, 0.2) is 22.7 Å². The van der Waals surface area contributed by atoms with Crippen molar-refractivity contribution in [2.24, 2.45) is 5.73 Å². The molecule has 0 heterocycles. The van der Waals surface area contributed by atoms with Crippen molar-refractivity contribution in [2.45, 2.75) is 32.4 Å². The van der Waals surface area contributed by atoms with Crippen LogP contribution >= 0.6 is 15.9 Å². The van der Waals surface area contributed by atoms with Gasteiger partial charge in [-0.25, -0.2) is 0 Å². The fourth-order valence-electron chi connectivity index (χ4n) is 1.26. The number of rotatable bonds is 4. The van der Waals surface area contributed by atoms with E-state index in [2.05, 4.69) is 15.9 Å². The summed E-state index contributed by atoms with van der Waals surface area (Å²) < 4.78 is 6.52. The first-order valence-corrected chi connectivity index (χ1v) is 5.99. The lowest BCUT2D eigenvalue weighted by molar-refractivity contribution is 0.0280. The highest BCUT2D eigenvalue weighted by Crippen LogP contribution is 2.28. The summed E-state index contributed by atoms with van der Waals surface area (Å²) in [5.41, 5.74) is 5.93. The van der Waals surface area contributed by atoms with Crippen molar-refractivity contribution < 1.29 is 9.84 Å². The molecule has 0 amide bonds. The molecule has 0 saturated carbocycles. The lowest BCUT2D eigenvalue weighted by Gasteiger charge is -2.20. The van der Waals surface area contributed by atoms with Gasteiger partial charge in [-0.2, -0.15) is 0 Å². The van der Waals surface area contributed by atoms with Crippen LogP contribution in [0.4, 0.5) is 0 Å². The van der Waals surface area contributed by atoms with Crippen LogP contribution in [0.1, 0.15) is 32.4 Å². The Bertz CT molecular complexity index is 359. The van der Waals surface area contributed by atoms with Gasteiger partial charge in [0.2, 0.25) is 0 Å². The van der Waals surface area contributed by atoms with Crippen LogP contribution in [0.3, 0.4) is 0 Å². The maximum absolute atomic E-state index is 9.61. The molecule has 90 valence electrons. The molecule has 1 unspecified atom stereocenters. The lowest BCUT2D eigenvalue weighted by atomic mass is 10.1. The standard InChI is InChI=1S/C12H18BrNO2/c1-8(14)10-5-4-9(13)6-11(10)16-7-12(2,3)15/h4-6,8,15H,7,14H2,1-3H3. The summed E-state index contributed by atoms with van der Waals surface area (Å²) in [5, 5.41) is 9.61. The fraction of sp³-hybridized carbons (Fsp3) is 0.500. The van der Waals surface area contributed by atoms with Gasteiger partial charge in [0, 0.05) is 16.1 Å². The molecule has 0 saturated heterocycles. The fourth-order valence-corrected chi connectivity index (χ4v) is 1.60. The summed E-state index contributed by atoms with van der Waals surface area (Å²) in [6.07, 6.45) is 0. The van der Waals surface area contributed by atoms with Crippen molar-refractivity contribution in [3.05, 3.63) is 28.2 Å². The predicted octanol–water partition coefficient (Wildman–Crippen LogP) is 2.62. The molecule has 0 radical (unpaired) electrons. The number of halogens is 1. The van der Waals surface area contributed by atoms with Gasteiger partial charge in [-0.05, 0) is 32.9 Å². The number of benzene rings is 1. The topological polar surface area (TPSA) is 55.5 Å². The van der Waals surface area contributed by atoms with Crippen LogP contribution in [0.5, 0.6) is 5.75 Å². The molecule has 3 nitrogen and oxygen atoms in total. The van der Waals surface area contributed by atoms with E-state index in [9.17, 15) is 5.11 Å². The molecule has 4 heteroatoms. The van der Waals surface area contributed by atoms with Gasteiger partial charge in [-0.1, -0.05) is 22.0 Å². The van der Waals surface area contributed by atoms with Crippen molar-refractivity contribution >= 4 is 15.9 Å². The number of hydrogen-bond donors (Lipinski definition) is 2. The normalized spacial score (nSPS) is 13.6. The molecular formula is C12H18BrNO2. The summed E-state index contributed by atoms with van der Waals surface area (Å²) in [4.78, 5) is 0. The molecule has 3 N–H and O–H groups in total. The number of hydrogen-bond acceptors (Lipinski definition) is 3. The lowest BCUT2D eigenvalue weighted by Crippen LogP contribution is -2.28. The Morgan fingerprint density at radius 1 is 1.50 bits per heavy atom. The first-order chi connectivity index (χ1) is 7.29. The molecule has 0 aliphatic carbocycles. The summed E-state index contributed by atoms with van der Waals surface area (Å²) in [7, 11) is 0. The van der Waals surface area contributed by atoms with E-state index in [1.807, 2.05) is 25.1 Å². The van der Waals surface area contributed by atoms with Gasteiger partial charge in [0.1, 0.15) is 12.4 Å². The molecular weight excluding hydrogens is 270 g/mol. The smallest absolute Gasteiger partial charge is 0.125 e. The SMILES string of the molecule is CC(N)c1ccc(Br)cc1OCC(C)(C)O. The van der Waals surface area contributed by atoms with E-state index in [1.54, 1.807) is 13.8 Å². The van der Waals surface area contributed by atoms with Crippen molar-refractivity contribution in [1.82, 2.24) is 0 Å². The molecule has 1 aromatic rings. The third kappa shape index (κ3) is 4.12. The minimum absolute atomic E-state index is 0.0927. The van der Waals surface area contributed by atoms with Gasteiger partial charge in [0.25, 0.3) is 0 Å². The Balaban J connectivity index is 2.88. The molecule has 1 atom stereocenters. The quantitative estimate of drug-likeness (QED) is 0.895. The third-order valence-electron chi connectivity index (χ3n) is 2.05. The minimum Gasteiger partial charge on any atom is -0.490 e. The van der Waals surface area contributed by atoms with Gasteiger partial charge in [-0.15, -0.1) is 0 Å². The monoisotopic (exact) mass is 287 g/mol. The second-order valence-corrected chi connectivity index (χ2v) is 5.49. The van der Waals surface area contributed by atoms with E-state index in [4.69, 9.17) is 10.5 Å². The largest absolute Gasteiger partial charge is 0.490 e. The third-order valence-corrected chi connectivity index (χ3v) is 2.54. The number of ether oxygens (including phenoxy) is 1. The highest BCUT2D eigenvalue weighted by atomic mass is 79.9. The molecule has 0 fully saturated rings. The predicted molar refractivity (Wildman–Crippen MR) is 68.5 cm³/mol. The van der Waals surface area contributed by atoms with Crippen molar-refractivity contribution in [3.63, 3.8) is 0 Å². The molecule has 0 bridgehead atoms. The van der Waals surface area contributed by atoms with E-state index in [-0.39, 0.29) is 12.6 Å². The first kappa shape index (κ1) is 13.5. The van der Waals surface area contributed by atoms with Gasteiger partial charge in [-0.3, -0.25) is 0 Å². The summed E-state index contributed by atoms with van der Waals surface area (Å²) >= 11 is 3.38. The van der Waals surface area contributed by atoms with Crippen molar-refractivity contribution in [1.29, 1.82) is 0 Å². The molecule has 0 aliphatic rings. The van der Waals surface area contributed by atoms with Gasteiger partial charge in [0.05, 0.1) is 5.60 Å². The van der Waals surface area contributed by atoms with E-state index in [0.717, 1.165) is 10.0 Å². The molecule has 0 aliphatic heterocycles. The number of aliphatic hydroxyl groups is 1. The van der Waals surface area contributed by atoms with Crippen LogP contribution in [0.2, 0.25) is 0 Å². The van der Waals surface area contributed by atoms with Crippen LogP contribution < -0.4 is 10.5 Å². The van der Waals surface area contributed by atoms with E-state index >= 15 is 0 Å². The maximum atomic E-state index is 9.61. The highest BCUT2D eigenvalue weighted by molar-refractivity contribution is 9.10. The maximum Gasteiger partial charge on any atom is 0.125 e. The molecule has 0 spiro atoms. The Morgan fingerprint density at radius 2 is 2.12 bits per heavy atom. The van der Waals surface area contributed by atoms with E-state index in [0.29, 0.717) is 5.75 Å². The molecule has 1 rings (SSSR count). The minimum atomic E-state index is -0.850. The zero-order chi connectivity index (χ0) is 12.3. The second kappa shape index (κ2) is 5.17. The first-order valence-electron chi connectivity index (χ1n) is 5.20. The molecule has 1 aromatic carbocycles. The average molecular weight is 288 g/mol. The zero-order valence-corrected chi connectivity index (χ0v) is 11.4. The summed E-state index contributed by atoms with van der Waals surface area (Å²) in [5.74, 6) is 0.714. The summed E-state index contributed by atoms with van der Waals surface area (Å²) in [6.45, 7) is 5.55. The Kier molecular flexibility index (Phi) is 4.35. The Hall–Kier alpha value is -0.580. The van der Waals surface area contributed by atoms with Gasteiger partial charge in [0.15, 0.2) is 0 Å². The highest BCUT2D eigenvalue weighted by Gasteiger charge is 2.16. The number of nitrogens with two attached hydrogens (primary N) is 1. The Morgan fingerprint density at radius 3 is 2.62 bits per heavy atom. The van der Waals surface area contributed by atoms with E-state index in [1.165, 1.54) is 0 Å². The van der Waals surface area contributed by atoms with E-state index < -0.39 is 5.60 Å². The Labute approximate surface area is 105 Å². The van der Waals surface area contributed by atoms with Crippen molar-refractivity contribution in [2.75, 3.05) is 6.61 Å². The molecule has 0 aromatic heterocycles. The van der Waals surface area contributed by atoms with Crippen molar-refractivity contribution in [3.8, 4) is 5.75 Å².